The highest BCUT2D eigenvalue weighted by atomic mass is 79.9. The number of carboxylic acids is 1. The molecule has 2 rings (SSSR count). The van der Waals surface area contributed by atoms with Gasteiger partial charge in [0.15, 0.2) is 0 Å². The summed E-state index contributed by atoms with van der Waals surface area (Å²) in [7, 11) is -4.05. The van der Waals surface area contributed by atoms with Crippen molar-refractivity contribution in [2.45, 2.75) is 18.7 Å². The number of aromatic nitrogens is 2. The number of carboxylic acid groups (broad SMARTS) is 1. The summed E-state index contributed by atoms with van der Waals surface area (Å²) in [6.07, 6.45) is 0. The third-order valence-electron chi connectivity index (χ3n) is 2.58. The van der Waals surface area contributed by atoms with Crippen molar-refractivity contribution >= 4 is 37.9 Å². The fourth-order valence-corrected chi connectivity index (χ4v) is 3.37. The first-order chi connectivity index (χ1) is 9.70. The van der Waals surface area contributed by atoms with E-state index >= 15 is 0 Å². The molecule has 2 aromatic rings. The molecule has 0 aliphatic heterocycles. The van der Waals surface area contributed by atoms with Crippen LogP contribution in [0.5, 0.6) is 0 Å². The van der Waals surface area contributed by atoms with Gasteiger partial charge in [0, 0.05) is 11.4 Å². The monoisotopic (exact) mass is 375 g/mol. The minimum Gasteiger partial charge on any atom is -0.478 e. The highest BCUT2D eigenvalue weighted by molar-refractivity contribution is 9.10. The van der Waals surface area contributed by atoms with Crippen LogP contribution in [0.15, 0.2) is 25.9 Å². The molecule has 0 fully saturated rings. The van der Waals surface area contributed by atoms with Gasteiger partial charge in [0.05, 0.1) is 10.5 Å². The Labute approximate surface area is 128 Å². The highest BCUT2D eigenvalue weighted by Crippen LogP contribution is 2.27. The summed E-state index contributed by atoms with van der Waals surface area (Å²) >= 11 is 3.14. The first-order valence-electron chi connectivity index (χ1n) is 5.57. The first kappa shape index (κ1) is 15.4. The molecule has 0 bridgehead atoms. The van der Waals surface area contributed by atoms with Gasteiger partial charge in [-0.15, -0.1) is 5.10 Å². The summed E-state index contributed by atoms with van der Waals surface area (Å²) < 4.78 is 32.0. The summed E-state index contributed by atoms with van der Waals surface area (Å²) in [5.74, 6) is -1.04. The van der Waals surface area contributed by atoms with Crippen molar-refractivity contribution in [1.82, 2.24) is 10.2 Å². The van der Waals surface area contributed by atoms with E-state index in [0.29, 0.717) is 10.0 Å². The number of nitrogens with one attached hydrogen (secondary N) is 1. The Morgan fingerprint density at radius 2 is 2.00 bits per heavy atom. The fraction of sp³-hybridized carbons (Fsp3) is 0.182. The summed E-state index contributed by atoms with van der Waals surface area (Å²) in [5.41, 5.74) is 0.207. The Balaban J connectivity index is 2.51. The lowest BCUT2D eigenvalue weighted by Gasteiger charge is -2.10. The van der Waals surface area contributed by atoms with Crippen LogP contribution in [0.3, 0.4) is 0 Å². The Kier molecular flexibility index (Phi) is 4.01. The lowest BCUT2D eigenvalue weighted by atomic mass is 10.1. The summed E-state index contributed by atoms with van der Waals surface area (Å²) in [4.78, 5) is 10.8. The number of halogens is 1. The summed E-state index contributed by atoms with van der Waals surface area (Å²) in [6.45, 7) is 3.06. The van der Waals surface area contributed by atoms with Crippen LogP contribution in [-0.2, 0) is 10.0 Å². The van der Waals surface area contributed by atoms with E-state index in [-0.39, 0.29) is 22.4 Å². The number of hydrogen-bond acceptors (Lipinski definition) is 6. The van der Waals surface area contributed by atoms with Crippen LogP contribution in [0.2, 0.25) is 0 Å². The smallest absolute Gasteiger partial charge is 0.335 e. The maximum atomic E-state index is 12.3. The van der Waals surface area contributed by atoms with Crippen LogP contribution in [0.1, 0.15) is 21.8 Å². The second-order valence-electron chi connectivity index (χ2n) is 4.12. The maximum absolute atomic E-state index is 12.3. The number of anilines is 1. The predicted octanol–water partition coefficient (Wildman–Crippen LogP) is 1.95. The Morgan fingerprint density at radius 3 is 2.52 bits per heavy atom. The molecule has 0 amide bonds. The van der Waals surface area contributed by atoms with Crippen LogP contribution >= 0.6 is 15.9 Å². The van der Waals surface area contributed by atoms with Crippen molar-refractivity contribution in [2.75, 3.05) is 4.72 Å². The first-order valence-corrected chi connectivity index (χ1v) is 7.84. The minimum absolute atomic E-state index is 0.158. The molecule has 0 aliphatic rings. The molecule has 8 nitrogen and oxygen atoms in total. The van der Waals surface area contributed by atoms with E-state index in [1.807, 2.05) is 0 Å². The highest BCUT2D eigenvalue weighted by Gasteiger charge is 2.23. The molecule has 0 atom stereocenters. The van der Waals surface area contributed by atoms with Crippen LogP contribution < -0.4 is 4.72 Å². The molecule has 0 radical (unpaired) electrons. The number of aryl methyl sites for hydroxylation is 1. The van der Waals surface area contributed by atoms with Gasteiger partial charge in [-0.25, -0.2) is 17.9 Å². The van der Waals surface area contributed by atoms with Crippen LogP contribution in [0.25, 0.3) is 0 Å². The van der Waals surface area contributed by atoms with Gasteiger partial charge in [-0.3, -0.25) is 0 Å². The van der Waals surface area contributed by atoms with Crippen LogP contribution in [0, 0.1) is 13.8 Å². The van der Waals surface area contributed by atoms with Gasteiger partial charge in [-0.05, 0) is 24.6 Å². The van der Waals surface area contributed by atoms with Crippen molar-refractivity contribution in [3.05, 3.63) is 33.6 Å². The SMILES string of the molecule is Cc1nnc(NS(=O)(=O)c2cc(C(=O)O)cc(Br)c2C)o1. The third-order valence-corrected chi connectivity index (χ3v) is 4.85. The zero-order valence-electron chi connectivity index (χ0n) is 10.9. The van der Waals surface area contributed by atoms with Gasteiger partial charge in [-0.1, -0.05) is 21.0 Å². The molecule has 0 spiro atoms. The molecule has 0 aliphatic carbocycles. The summed E-state index contributed by atoms with van der Waals surface area (Å²) in [6, 6.07) is 2.10. The number of nitrogens with zero attached hydrogens (tertiary/aromatic N) is 2. The Morgan fingerprint density at radius 1 is 1.33 bits per heavy atom. The van der Waals surface area contributed by atoms with E-state index in [2.05, 4.69) is 30.8 Å². The number of rotatable bonds is 4. The van der Waals surface area contributed by atoms with E-state index in [4.69, 9.17) is 9.52 Å². The van der Waals surface area contributed by atoms with Crippen molar-refractivity contribution in [3.8, 4) is 0 Å². The Hall–Kier alpha value is -1.94. The average molecular weight is 376 g/mol. The van der Waals surface area contributed by atoms with E-state index in [0.717, 1.165) is 6.07 Å². The quantitative estimate of drug-likeness (QED) is 0.836. The van der Waals surface area contributed by atoms with Gasteiger partial charge < -0.3 is 9.52 Å². The van der Waals surface area contributed by atoms with Crippen molar-refractivity contribution in [1.29, 1.82) is 0 Å². The molecule has 21 heavy (non-hydrogen) atoms. The molecule has 0 unspecified atom stereocenters. The van der Waals surface area contributed by atoms with Crippen LogP contribution in [-0.4, -0.2) is 29.7 Å². The minimum atomic E-state index is -4.05. The van der Waals surface area contributed by atoms with Gasteiger partial charge in [0.1, 0.15) is 0 Å². The number of sulfonamides is 1. The number of benzene rings is 1. The van der Waals surface area contributed by atoms with E-state index in [1.54, 1.807) is 6.92 Å². The van der Waals surface area contributed by atoms with Gasteiger partial charge in [0.25, 0.3) is 10.0 Å². The zero-order valence-corrected chi connectivity index (χ0v) is 13.3. The molecule has 1 heterocycles. The topological polar surface area (TPSA) is 122 Å². The molecule has 0 saturated heterocycles. The van der Waals surface area contributed by atoms with E-state index < -0.39 is 16.0 Å². The van der Waals surface area contributed by atoms with Crippen molar-refractivity contribution in [3.63, 3.8) is 0 Å². The molecular weight excluding hydrogens is 366 g/mol. The molecule has 1 aromatic carbocycles. The lowest BCUT2D eigenvalue weighted by molar-refractivity contribution is 0.0696. The van der Waals surface area contributed by atoms with Gasteiger partial charge in [0.2, 0.25) is 5.89 Å². The summed E-state index contributed by atoms with van der Waals surface area (Å²) in [5, 5.41) is 16.0. The van der Waals surface area contributed by atoms with E-state index in [1.165, 1.54) is 13.0 Å². The normalized spacial score (nSPS) is 11.4. The van der Waals surface area contributed by atoms with Crippen LogP contribution in [0.4, 0.5) is 6.01 Å². The average Bonchev–Trinajstić information content (AvgIpc) is 2.76. The molecule has 0 saturated carbocycles. The second kappa shape index (κ2) is 5.45. The number of hydrogen-bond donors (Lipinski definition) is 2. The Bertz CT molecular complexity index is 815. The number of aromatic carboxylic acids is 1. The van der Waals surface area contributed by atoms with Gasteiger partial charge in [-0.2, -0.15) is 0 Å². The molecule has 112 valence electrons. The zero-order chi connectivity index (χ0) is 15.8. The largest absolute Gasteiger partial charge is 0.478 e. The molecule has 1 aromatic heterocycles. The fourth-order valence-electron chi connectivity index (χ4n) is 1.56. The lowest BCUT2D eigenvalue weighted by Crippen LogP contribution is -2.16. The second-order valence-corrected chi connectivity index (χ2v) is 6.62. The number of carbonyl (C=O) groups is 1. The van der Waals surface area contributed by atoms with Crippen molar-refractivity contribution < 1.29 is 22.7 Å². The molecular formula is C11H10BrN3O5S. The van der Waals surface area contributed by atoms with E-state index in [9.17, 15) is 13.2 Å². The maximum Gasteiger partial charge on any atom is 0.335 e. The van der Waals surface area contributed by atoms with Gasteiger partial charge >= 0.3 is 12.0 Å². The molecule has 2 N–H and O–H groups in total. The van der Waals surface area contributed by atoms with Crippen molar-refractivity contribution in [2.24, 2.45) is 0 Å². The molecule has 10 heteroatoms. The standard InChI is InChI=1S/C11H10BrN3O5S/c1-5-8(12)3-7(10(16)17)4-9(5)21(18,19)15-11-14-13-6(2)20-11/h3-4H,1-2H3,(H,14,15)(H,16,17). The predicted molar refractivity (Wildman–Crippen MR) is 75.7 cm³/mol. The third kappa shape index (κ3) is 3.22.